The summed E-state index contributed by atoms with van der Waals surface area (Å²) in [6.07, 6.45) is 0. The van der Waals surface area contributed by atoms with Crippen LogP contribution in [-0.4, -0.2) is 22.5 Å². The highest BCUT2D eigenvalue weighted by molar-refractivity contribution is 6.34. The molecule has 0 saturated heterocycles. The van der Waals surface area contributed by atoms with Crippen LogP contribution in [0, 0.1) is 0 Å². The molecular weight excluding hydrogens is 195 g/mol. The number of hydrogen-bond donors (Lipinski definition) is 3. The number of phenolic OH excluding ortho intramolecular Hbond substituents is 1. The standard InChI is InChI=1S/C10H9BO4/c12-9-6-5-7-3-1-2-4-8(7)10(9)15-11(13)14/h1-6,12-14H. The van der Waals surface area contributed by atoms with Gasteiger partial charge in [0, 0.05) is 5.39 Å². The van der Waals surface area contributed by atoms with Gasteiger partial charge in [-0.3, -0.25) is 0 Å². The Balaban J connectivity index is 2.63. The lowest BCUT2D eigenvalue weighted by Crippen LogP contribution is -2.20. The number of fused-ring (bicyclic) bond motifs is 1. The van der Waals surface area contributed by atoms with Gasteiger partial charge < -0.3 is 19.8 Å². The number of rotatable bonds is 2. The van der Waals surface area contributed by atoms with Gasteiger partial charge in [-0.2, -0.15) is 0 Å². The third-order valence-corrected chi connectivity index (χ3v) is 2.08. The zero-order valence-electron chi connectivity index (χ0n) is 7.79. The molecule has 0 saturated carbocycles. The van der Waals surface area contributed by atoms with Crippen molar-refractivity contribution in [3.63, 3.8) is 0 Å². The number of benzene rings is 2. The van der Waals surface area contributed by atoms with Crippen LogP contribution >= 0.6 is 0 Å². The van der Waals surface area contributed by atoms with E-state index in [9.17, 15) is 5.11 Å². The average Bonchev–Trinajstić information content (AvgIpc) is 2.22. The van der Waals surface area contributed by atoms with Crippen molar-refractivity contribution in [1.82, 2.24) is 0 Å². The van der Waals surface area contributed by atoms with Crippen molar-refractivity contribution in [3.05, 3.63) is 36.4 Å². The fourth-order valence-electron chi connectivity index (χ4n) is 1.46. The van der Waals surface area contributed by atoms with E-state index in [-0.39, 0.29) is 11.5 Å². The van der Waals surface area contributed by atoms with Gasteiger partial charge in [0.15, 0.2) is 11.5 Å². The Kier molecular flexibility index (Phi) is 2.49. The second kappa shape index (κ2) is 3.80. The molecule has 3 N–H and O–H groups in total. The largest absolute Gasteiger partial charge is 0.707 e. The molecule has 0 spiro atoms. The highest BCUT2D eigenvalue weighted by Crippen LogP contribution is 2.34. The van der Waals surface area contributed by atoms with E-state index in [2.05, 4.69) is 0 Å². The maximum Gasteiger partial charge on any atom is 0.707 e. The van der Waals surface area contributed by atoms with Gasteiger partial charge in [-0.05, 0) is 11.5 Å². The molecule has 0 amide bonds. The lowest BCUT2D eigenvalue weighted by atomic mass is 10.1. The van der Waals surface area contributed by atoms with E-state index in [4.69, 9.17) is 14.7 Å². The van der Waals surface area contributed by atoms with Crippen molar-refractivity contribution in [2.24, 2.45) is 0 Å². The van der Waals surface area contributed by atoms with E-state index in [0.29, 0.717) is 5.39 Å². The third-order valence-electron chi connectivity index (χ3n) is 2.08. The predicted octanol–water partition coefficient (Wildman–Crippen LogP) is 0.894. The summed E-state index contributed by atoms with van der Waals surface area (Å²) in [6, 6.07) is 10.4. The van der Waals surface area contributed by atoms with Gasteiger partial charge in [0.2, 0.25) is 0 Å². The van der Waals surface area contributed by atoms with Crippen molar-refractivity contribution in [2.45, 2.75) is 0 Å². The highest BCUT2D eigenvalue weighted by atomic mass is 16.6. The van der Waals surface area contributed by atoms with E-state index in [1.165, 1.54) is 6.07 Å². The van der Waals surface area contributed by atoms with E-state index in [1.54, 1.807) is 18.2 Å². The summed E-state index contributed by atoms with van der Waals surface area (Å²) in [5.41, 5.74) is 0. The van der Waals surface area contributed by atoms with Gasteiger partial charge >= 0.3 is 7.32 Å². The molecule has 0 bridgehead atoms. The van der Waals surface area contributed by atoms with Gasteiger partial charge in [-0.25, -0.2) is 0 Å². The van der Waals surface area contributed by atoms with Crippen LogP contribution in [-0.2, 0) is 0 Å². The fourth-order valence-corrected chi connectivity index (χ4v) is 1.46. The van der Waals surface area contributed by atoms with Crippen LogP contribution < -0.4 is 4.65 Å². The molecule has 0 aliphatic heterocycles. The van der Waals surface area contributed by atoms with E-state index in [0.717, 1.165) is 5.39 Å². The van der Waals surface area contributed by atoms with Crippen molar-refractivity contribution >= 4 is 18.1 Å². The highest BCUT2D eigenvalue weighted by Gasteiger charge is 2.16. The minimum Gasteiger partial charge on any atom is -0.509 e. The Morgan fingerprint density at radius 1 is 1.00 bits per heavy atom. The number of aromatic hydroxyl groups is 1. The zero-order chi connectivity index (χ0) is 10.8. The molecule has 2 rings (SSSR count). The smallest absolute Gasteiger partial charge is 0.509 e. The van der Waals surface area contributed by atoms with Crippen LogP contribution in [0.15, 0.2) is 36.4 Å². The Bertz CT molecular complexity index is 484. The fraction of sp³-hybridized carbons (Fsp3) is 0. The molecule has 0 aliphatic rings. The van der Waals surface area contributed by atoms with Gasteiger partial charge in [0.1, 0.15) is 0 Å². The van der Waals surface area contributed by atoms with Crippen molar-refractivity contribution < 1.29 is 19.8 Å². The van der Waals surface area contributed by atoms with Crippen LogP contribution in [0.5, 0.6) is 11.5 Å². The molecule has 0 unspecified atom stereocenters. The lowest BCUT2D eigenvalue weighted by Gasteiger charge is -2.10. The Labute approximate surface area is 86.5 Å². The molecule has 2 aromatic carbocycles. The van der Waals surface area contributed by atoms with Gasteiger partial charge in [0.05, 0.1) is 0 Å². The molecule has 5 heteroatoms. The van der Waals surface area contributed by atoms with Crippen LogP contribution in [0.3, 0.4) is 0 Å². The first-order chi connectivity index (χ1) is 7.18. The first-order valence-corrected chi connectivity index (χ1v) is 4.42. The first-order valence-electron chi connectivity index (χ1n) is 4.42. The average molecular weight is 204 g/mol. The van der Waals surface area contributed by atoms with Crippen molar-refractivity contribution in [1.29, 1.82) is 0 Å². The van der Waals surface area contributed by atoms with Gasteiger partial charge in [0.25, 0.3) is 0 Å². The monoisotopic (exact) mass is 204 g/mol. The predicted molar refractivity (Wildman–Crippen MR) is 56.4 cm³/mol. The quantitative estimate of drug-likeness (QED) is 0.635. The Morgan fingerprint density at radius 3 is 2.47 bits per heavy atom. The summed E-state index contributed by atoms with van der Waals surface area (Å²) in [4.78, 5) is 0. The molecule has 0 fully saturated rings. The summed E-state index contributed by atoms with van der Waals surface area (Å²) in [5.74, 6) is -0.0510. The Hall–Kier alpha value is -1.72. The first kappa shape index (κ1) is 9.83. The number of phenols is 1. The van der Waals surface area contributed by atoms with E-state index in [1.807, 2.05) is 12.1 Å². The molecule has 15 heavy (non-hydrogen) atoms. The van der Waals surface area contributed by atoms with Gasteiger partial charge in [-0.15, -0.1) is 0 Å². The zero-order valence-corrected chi connectivity index (χ0v) is 7.79. The third kappa shape index (κ3) is 1.88. The topological polar surface area (TPSA) is 69.9 Å². The molecule has 76 valence electrons. The van der Waals surface area contributed by atoms with Gasteiger partial charge in [-0.1, -0.05) is 30.3 Å². The summed E-state index contributed by atoms with van der Waals surface area (Å²) in [5, 5.41) is 28.4. The minimum atomic E-state index is -1.94. The number of hydrogen-bond acceptors (Lipinski definition) is 4. The van der Waals surface area contributed by atoms with Crippen molar-refractivity contribution in [3.8, 4) is 11.5 Å². The molecule has 0 atom stereocenters. The molecular formula is C10H9BO4. The second-order valence-electron chi connectivity index (χ2n) is 3.08. The normalized spacial score (nSPS) is 10.3. The minimum absolute atomic E-state index is 0.0723. The van der Waals surface area contributed by atoms with Crippen LogP contribution in [0.25, 0.3) is 10.8 Å². The molecule has 0 heterocycles. The van der Waals surface area contributed by atoms with E-state index >= 15 is 0 Å². The molecule has 0 aromatic heterocycles. The molecule has 0 radical (unpaired) electrons. The Morgan fingerprint density at radius 2 is 1.73 bits per heavy atom. The summed E-state index contributed by atoms with van der Waals surface area (Å²) in [7, 11) is -1.94. The van der Waals surface area contributed by atoms with Crippen molar-refractivity contribution in [2.75, 3.05) is 0 Å². The van der Waals surface area contributed by atoms with Crippen LogP contribution in [0.2, 0.25) is 0 Å². The van der Waals surface area contributed by atoms with Crippen LogP contribution in [0.1, 0.15) is 0 Å². The summed E-state index contributed by atoms with van der Waals surface area (Å²) in [6.45, 7) is 0. The lowest BCUT2D eigenvalue weighted by molar-refractivity contribution is 0.283. The van der Waals surface area contributed by atoms with Crippen LogP contribution in [0.4, 0.5) is 0 Å². The maximum atomic E-state index is 9.51. The summed E-state index contributed by atoms with van der Waals surface area (Å²) < 4.78 is 4.72. The molecule has 4 nitrogen and oxygen atoms in total. The summed E-state index contributed by atoms with van der Waals surface area (Å²) >= 11 is 0. The second-order valence-corrected chi connectivity index (χ2v) is 3.08. The molecule has 0 aliphatic carbocycles. The van der Waals surface area contributed by atoms with E-state index < -0.39 is 7.32 Å². The maximum absolute atomic E-state index is 9.51. The SMILES string of the molecule is OB(O)Oc1c(O)ccc2ccccc12. The molecule has 2 aromatic rings.